The second-order valence-corrected chi connectivity index (χ2v) is 5.88. The number of nitrogens with one attached hydrogen (secondary N) is 2. The summed E-state index contributed by atoms with van der Waals surface area (Å²) in [4.78, 5) is 20.2. The summed E-state index contributed by atoms with van der Waals surface area (Å²) in [6.07, 6.45) is 4.62. The molecule has 3 rings (SSSR count). The van der Waals surface area contributed by atoms with Crippen LogP contribution in [-0.2, 0) is 6.42 Å². The van der Waals surface area contributed by atoms with Crippen molar-refractivity contribution < 1.29 is 13.6 Å². The van der Waals surface area contributed by atoms with Crippen LogP contribution in [0.15, 0.2) is 60.9 Å². The number of aromatic nitrogens is 2. The summed E-state index contributed by atoms with van der Waals surface area (Å²) in [7, 11) is 0. The van der Waals surface area contributed by atoms with Gasteiger partial charge in [0.25, 0.3) is 5.91 Å². The molecule has 0 unspecified atom stereocenters. The molecule has 3 aromatic rings. The summed E-state index contributed by atoms with van der Waals surface area (Å²) in [5, 5.41) is 5.48. The maximum absolute atomic E-state index is 13.6. The van der Waals surface area contributed by atoms with Crippen LogP contribution in [0.4, 0.5) is 20.3 Å². The minimum absolute atomic E-state index is 0.0357. The number of hydrogen-bond donors (Lipinski definition) is 2. The molecule has 2 aromatic carbocycles. The van der Waals surface area contributed by atoms with E-state index in [0.717, 1.165) is 31.5 Å². The van der Waals surface area contributed by atoms with Gasteiger partial charge in [-0.2, -0.15) is 0 Å². The average molecular weight is 368 g/mol. The Morgan fingerprint density at radius 2 is 1.81 bits per heavy atom. The van der Waals surface area contributed by atoms with Crippen molar-refractivity contribution in [3.05, 3.63) is 83.8 Å². The Hall–Kier alpha value is -3.35. The van der Waals surface area contributed by atoms with Crippen molar-refractivity contribution in [1.29, 1.82) is 0 Å². The molecule has 0 aliphatic carbocycles. The van der Waals surface area contributed by atoms with Crippen molar-refractivity contribution in [2.75, 3.05) is 17.2 Å². The standard InChI is InChI=1S/C20H18F2N4O/c21-15-8-9-17(16(22)11-15)26-20(27)18-12-25-19(13-24-18)23-10-4-7-14-5-2-1-3-6-14/h1-3,5-6,8-9,11-13H,4,7,10H2,(H,23,25)(H,26,27). The number of carbonyl (C=O) groups excluding carboxylic acids is 1. The van der Waals surface area contributed by atoms with Gasteiger partial charge in [-0.05, 0) is 30.5 Å². The number of aryl methyl sites for hydroxylation is 1. The largest absolute Gasteiger partial charge is 0.369 e. The lowest BCUT2D eigenvalue weighted by Gasteiger charge is -2.08. The fraction of sp³-hybridized carbons (Fsp3) is 0.150. The van der Waals surface area contributed by atoms with Gasteiger partial charge in [0.05, 0.1) is 18.1 Å². The lowest BCUT2D eigenvalue weighted by molar-refractivity contribution is 0.102. The quantitative estimate of drug-likeness (QED) is 0.618. The van der Waals surface area contributed by atoms with Gasteiger partial charge in [-0.3, -0.25) is 4.79 Å². The number of nitrogens with zero attached hydrogens (tertiary/aromatic N) is 2. The van der Waals surface area contributed by atoms with E-state index < -0.39 is 17.5 Å². The molecule has 0 saturated heterocycles. The zero-order chi connectivity index (χ0) is 19.1. The number of rotatable bonds is 7. The van der Waals surface area contributed by atoms with Crippen LogP contribution in [0.3, 0.4) is 0 Å². The first-order chi connectivity index (χ1) is 13.1. The van der Waals surface area contributed by atoms with E-state index in [-0.39, 0.29) is 11.4 Å². The Labute approximate surface area is 155 Å². The molecular formula is C20H18F2N4O. The van der Waals surface area contributed by atoms with E-state index in [1.54, 1.807) is 0 Å². The van der Waals surface area contributed by atoms with Crippen LogP contribution in [0.5, 0.6) is 0 Å². The first kappa shape index (κ1) is 18.4. The van der Waals surface area contributed by atoms with Crippen molar-refractivity contribution in [2.45, 2.75) is 12.8 Å². The highest BCUT2D eigenvalue weighted by Gasteiger charge is 2.11. The maximum Gasteiger partial charge on any atom is 0.275 e. The molecule has 0 fully saturated rings. The zero-order valence-corrected chi connectivity index (χ0v) is 14.5. The highest BCUT2D eigenvalue weighted by molar-refractivity contribution is 6.02. The fourth-order valence-electron chi connectivity index (χ4n) is 2.47. The van der Waals surface area contributed by atoms with Gasteiger partial charge in [-0.1, -0.05) is 30.3 Å². The van der Waals surface area contributed by atoms with Crippen LogP contribution in [-0.4, -0.2) is 22.4 Å². The minimum Gasteiger partial charge on any atom is -0.369 e. The summed E-state index contributed by atoms with van der Waals surface area (Å²) in [5.41, 5.74) is 1.19. The van der Waals surface area contributed by atoms with Gasteiger partial charge in [0.2, 0.25) is 0 Å². The fourth-order valence-corrected chi connectivity index (χ4v) is 2.47. The monoisotopic (exact) mass is 368 g/mol. The van der Waals surface area contributed by atoms with E-state index in [0.29, 0.717) is 11.9 Å². The minimum atomic E-state index is -0.854. The Bertz CT molecular complexity index is 902. The van der Waals surface area contributed by atoms with Crippen LogP contribution < -0.4 is 10.6 Å². The second kappa shape index (κ2) is 8.84. The molecule has 1 amide bonds. The first-order valence-electron chi connectivity index (χ1n) is 8.48. The molecule has 1 aromatic heterocycles. The molecule has 0 bridgehead atoms. The Balaban J connectivity index is 1.49. The van der Waals surface area contributed by atoms with Crippen LogP contribution >= 0.6 is 0 Å². The molecule has 27 heavy (non-hydrogen) atoms. The molecule has 1 heterocycles. The number of hydrogen-bond acceptors (Lipinski definition) is 4. The number of halogens is 2. The van der Waals surface area contributed by atoms with Gasteiger partial charge in [-0.15, -0.1) is 0 Å². The number of amides is 1. The predicted molar refractivity (Wildman–Crippen MR) is 99.6 cm³/mol. The predicted octanol–water partition coefficient (Wildman–Crippen LogP) is 4.05. The third-order valence-electron chi connectivity index (χ3n) is 3.85. The summed E-state index contributed by atoms with van der Waals surface area (Å²) in [6.45, 7) is 0.718. The molecule has 138 valence electrons. The Morgan fingerprint density at radius 3 is 2.52 bits per heavy atom. The highest BCUT2D eigenvalue weighted by atomic mass is 19.1. The molecule has 7 heteroatoms. The first-order valence-corrected chi connectivity index (χ1v) is 8.48. The van der Waals surface area contributed by atoms with Gasteiger partial charge >= 0.3 is 0 Å². The van der Waals surface area contributed by atoms with E-state index >= 15 is 0 Å². The molecule has 5 nitrogen and oxygen atoms in total. The summed E-state index contributed by atoms with van der Waals surface area (Å²) in [6, 6.07) is 13.1. The summed E-state index contributed by atoms with van der Waals surface area (Å²) < 4.78 is 26.5. The Kier molecular flexibility index (Phi) is 6.04. The third kappa shape index (κ3) is 5.31. The van der Waals surface area contributed by atoms with E-state index in [4.69, 9.17) is 0 Å². The molecule has 0 saturated carbocycles. The molecule has 0 aliphatic heterocycles. The molecule has 2 N–H and O–H groups in total. The number of anilines is 2. The van der Waals surface area contributed by atoms with E-state index in [2.05, 4.69) is 32.7 Å². The van der Waals surface area contributed by atoms with E-state index in [1.807, 2.05) is 18.2 Å². The molecule has 0 radical (unpaired) electrons. The van der Waals surface area contributed by atoms with Crippen LogP contribution in [0.25, 0.3) is 0 Å². The normalized spacial score (nSPS) is 10.4. The highest BCUT2D eigenvalue weighted by Crippen LogP contribution is 2.15. The van der Waals surface area contributed by atoms with Crippen LogP contribution in [0, 0.1) is 11.6 Å². The smallest absolute Gasteiger partial charge is 0.275 e. The van der Waals surface area contributed by atoms with Crippen molar-refractivity contribution in [3.8, 4) is 0 Å². The van der Waals surface area contributed by atoms with E-state index in [9.17, 15) is 13.6 Å². The van der Waals surface area contributed by atoms with Crippen molar-refractivity contribution in [2.24, 2.45) is 0 Å². The van der Waals surface area contributed by atoms with Crippen molar-refractivity contribution in [3.63, 3.8) is 0 Å². The Morgan fingerprint density at radius 1 is 1.00 bits per heavy atom. The molecule has 0 aliphatic rings. The molecule has 0 atom stereocenters. The number of carbonyl (C=O) groups is 1. The lowest BCUT2D eigenvalue weighted by atomic mass is 10.1. The van der Waals surface area contributed by atoms with Crippen LogP contribution in [0.1, 0.15) is 22.5 Å². The SMILES string of the molecule is O=C(Nc1ccc(F)cc1F)c1cnc(NCCCc2ccccc2)cn1. The van der Waals surface area contributed by atoms with Gasteiger partial charge < -0.3 is 10.6 Å². The molecule has 0 spiro atoms. The maximum atomic E-state index is 13.6. The van der Waals surface area contributed by atoms with Gasteiger partial charge in [0.15, 0.2) is 0 Å². The van der Waals surface area contributed by atoms with Gasteiger partial charge in [0.1, 0.15) is 23.1 Å². The van der Waals surface area contributed by atoms with Crippen molar-refractivity contribution in [1.82, 2.24) is 9.97 Å². The summed E-state index contributed by atoms with van der Waals surface area (Å²) >= 11 is 0. The van der Waals surface area contributed by atoms with E-state index in [1.165, 1.54) is 18.0 Å². The zero-order valence-electron chi connectivity index (χ0n) is 14.5. The second-order valence-electron chi connectivity index (χ2n) is 5.88. The van der Waals surface area contributed by atoms with Crippen molar-refractivity contribution >= 4 is 17.4 Å². The molecular weight excluding hydrogens is 350 g/mol. The topological polar surface area (TPSA) is 66.9 Å². The average Bonchev–Trinajstić information content (AvgIpc) is 2.69. The lowest BCUT2D eigenvalue weighted by Crippen LogP contribution is -2.15. The van der Waals surface area contributed by atoms with Gasteiger partial charge in [-0.25, -0.2) is 18.7 Å². The number of benzene rings is 2. The summed E-state index contributed by atoms with van der Waals surface area (Å²) in [5.74, 6) is -1.64. The van der Waals surface area contributed by atoms with Gasteiger partial charge in [0, 0.05) is 12.6 Å². The third-order valence-corrected chi connectivity index (χ3v) is 3.85. The van der Waals surface area contributed by atoms with Crippen LogP contribution in [0.2, 0.25) is 0 Å².